The van der Waals surface area contributed by atoms with Gasteiger partial charge in [-0.2, -0.15) is 5.10 Å². The van der Waals surface area contributed by atoms with Gasteiger partial charge in [0.15, 0.2) is 24.3 Å². The molecular weight excluding hydrogens is 607 g/mol. The summed E-state index contributed by atoms with van der Waals surface area (Å²) in [5.74, 6) is -0.393. The minimum atomic E-state index is -1.26. The van der Waals surface area contributed by atoms with E-state index in [1.807, 2.05) is 0 Å². The number of esters is 2. The molecule has 2 aromatic rings. The van der Waals surface area contributed by atoms with Gasteiger partial charge in [0.25, 0.3) is 0 Å². The van der Waals surface area contributed by atoms with Crippen LogP contribution in [0, 0.1) is 0 Å². The molecule has 1 heterocycles. The normalized spacial score (nSPS) is 15.3. The van der Waals surface area contributed by atoms with Crippen molar-refractivity contribution in [1.29, 1.82) is 0 Å². The number of aliphatic hydroxyl groups is 1. The van der Waals surface area contributed by atoms with Crippen LogP contribution in [0.15, 0.2) is 46.7 Å². The first-order valence-corrected chi connectivity index (χ1v) is 13.8. The number of carbonyl (C=O) groups excluding carboxylic acids is 3. The predicted octanol–water partition coefficient (Wildman–Crippen LogP) is 3.46. The van der Waals surface area contributed by atoms with Crippen LogP contribution in [0.3, 0.4) is 0 Å². The average Bonchev–Trinajstić information content (AvgIpc) is 2.95. The number of hydrogen-bond donors (Lipinski definition) is 4. The summed E-state index contributed by atoms with van der Waals surface area (Å²) in [5.41, 5.74) is 4.02. The quantitative estimate of drug-likeness (QED) is 0.104. The maximum absolute atomic E-state index is 12.4. The zero-order valence-corrected chi connectivity index (χ0v) is 25.4. The molecule has 13 nitrogen and oxygen atoms in total. The Kier molecular flexibility index (Phi) is 12.3. The van der Waals surface area contributed by atoms with Crippen molar-refractivity contribution in [2.75, 3.05) is 33.5 Å². The maximum Gasteiger partial charge on any atom is 0.344 e. The summed E-state index contributed by atoms with van der Waals surface area (Å²) in [6.45, 7) is 4.95. The Hall–Kier alpha value is -4.20. The lowest BCUT2D eigenvalue weighted by Gasteiger charge is -2.28. The molecule has 0 saturated heterocycles. The van der Waals surface area contributed by atoms with Crippen molar-refractivity contribution < 1.29 is 43.2 Å². The van der Waals surface area contributed by atoms with E-state index in [-0.39, 0.29) is 36.2 Å². The van der Waals surface area contributed by atoms with Gasteiger partial charge >= 0.3 is 18.0 Å². The van der Waals surface area contributed by atoms with Crippen molar-refractivity contribution in [3.8, 4) is 17.2 Å². The summed E-state index contributed by atoms with van der Waals surface area (Å²) < 4.78 is 26.7. The number of ether oxygens (including phenoxy) is 5. The van der Waals surface area contributed by atoms with Gasteiger partial charge in [-0.3, -0.25) is 5.43 Å². The Labute approximate surface area is 258 Å². The summed E-state index contributed by atoms with van der Waals surface area (Å²) in [5, 5.41) is 20.2. The second kappa shape index (κ2) is 15.9. The number of hydrogen-bond acceptors (Lipinski definition) is 11. The first kappa shape index (κ1) is 33.3. The largest absolute Gasteiger partial charge is 0.490 e. The molecule has 0 unspecified atom stereocenters. The Morgan fingerprint density at radius 1 is 1.12 bits per heavy atom. The number of halogens is 2. The highest BCUT2D eigenvalue weighted by molar-refractivity contribution is 6.36. The Balaban J connectivity index is 1.70. The van der Waals surface area contributed by atoms with Gasteiger partial charge in [0.2, 0.25) is 0 Å². The molecule has 3 rings (SSSR count). The SMILES string of the molecule is CCOC(=O)COc1c(Cl)cc(Cl)cc1/C=N/N[C@@H](O)COc1ccc([C@@H]2NC(=O)NC(C)=C2C(=O)OC)cc1OCC. The number of benzene rings is 2. The van der Waals surface area contributed by atoms with E-state index in [0.717, 1.165) is 0 Å². The van der Waals surface area contributed by atoms with Gasteiger partial charge in [-0.1, -0.05) is 29.3 Å². The highest BCUT2D eigenvalue weighted by atomic mass is 35.5. The minimum absolute atomic E-state index is 0.155. The Morgan fingerprint density at radius 3 is 2.58 bits per heavy atom. The molecule has 0 aromatic heterocycles. The van der Waals surface area contributed by atoms with Crippen LogP contribution in [0.25, 0.3) is 0 Å². The molecular formula is C28H32Cl2N4O9. The lowest BCUT2D eigenvalue weighted by Crippen LogP contribution is -2.45. The third-order valence-electron chi connectivity index (χ3n) is 5.78. The maximum atomic E-state index is 12.4. The van der Waals surface area contributed by atoms with Crippen molar-refractivity contribution in [3.05, 3.63) is 62.8 Å². The number of hydrazone groups is 1. The second-order valence-corrected chi connectivity index (χ2v) is 9.66. The van der Waals surface area contributed by atoms with Crippen molar-refractivity contribution in [1.82, 2.24) is 16.1 Å². The van der Waals surface area contributed by atoms with Crippen molar-refractivity contribution >= 4 is 47.4 Å². The van der Waals surface area contributed by atoms with Crippen LogP contribution in [0.2, 0.25) is 10.0 Å². The van der Waals surface area contributed by atoms with Gasteiger partial charge in [-0.15, -0.1) is 0 Å². The summed E-state index contributed by atoms with van der Waals surface area (Å²) in [6.07, 6.45) is 0.0491. The zero-order valence-electron chi connectivity index (χ0n) is 23.9. The molecule has 2 aromatic carbocycles. The van der Waals surface area contributed by atoms with E-state index in [4.69, 9.17) is 46.9 Å². The van der Waals surface area contributed by atoms with E-state index in [0.29, 0.717) is 40.0 Å². The van der Waals surface area contributed by atoms with Crippen molar-refractivity contribution in [3.63, 3.8) is 0 Å². The van der Waals surface area contributed by atoms with E-state index in [1.54, 1.807) is 39.0 Å². The number of nitrogens with one attached hydrogen (secondary N) is 3. The Morgan fingerprint density at radius 2 is 1.88 bits per heavy atom. The van der Waals surface area contributed by atoms with E-state index >= 15 is 0 Å². The summed E-state index contributed by atoms with van der Waals surface area (Å²) in [4.78, 5) is 36.2. The van der Waals surface area contributed by atoms with E-state index in [9.17, 15) is 19.5 Å². The number of methoxy groups -OCH3 is 1. The first-order valence-electron chi connectivity index (χ1n) is 13.1. The van der Waals surface area contributed by atoms with Crippen LogP contribution in [0.4, 0.5) is 4.79 Å². The van der Waals surface area contributed by atoms with E-state index in [1.165, 1.54) is 25.5 Å². The Bertz CT molecular complexity index is 1400. The lowest BCUT2D eigenvalue weighted by molar-refractivity contribution is -0.145. The first-order chi connectivity index (χ1) is 20.6. The van der Waals surface area contributed by atoms with Gasteiger partial charge < -0.3 is 39.4 Å². The molecule has 0 spiro atoms. The number of amides is 2. The lowest BCUT2D eigenvalue weighted by atomic mass is 9.95. The molecule has 1 aliphatic heterocycles. The van der Waals surface area contributed by atoms with Crippen molar-refractivity contribution in [2.24, 2.45) is 5.10 Å². The third-order valence-corrected chi connectivity index (χ3v) is 6.28. The number of rotatable bonds is 14. The van der Waals surface area contributed by atoms with Gasteiger partial charge in [-0.25, -0.2) is 14.4 Å². The summed E-state index contributed by atoms with van der Waals surface area (Å²) >= 11 is 12.3. The molecule has 0 radical (unpaired) electrons. The minimum Gasteiger partial charge on any atom is -0.490 e. The second-order valence-electron chi connectivity index (χ2n) is 8.81. The highest BCUT2D eigenvalue weighted by Crippen LogP contribution is 2.35. The fourth-order valence-corrected chi connectivity index (χ4v) is 4.54. The monoisotopic (exact) mass is 638 g/mol. The zero-order chi connectivity index (χ0) is 31.5. The molecule has 1 aliphatic rings. The topological polar surface area (TPSA) is 166 Å². The molecule has 0 saturated carbocycles. The number of nitrogens with zero attached hydrogens (tertiary/aromatic N) is 1. The molecule has 0 aliphatic carbocycles. The fourth-order valence-electron chi connectivity index (χ4n) is 3.98. The average molecular weight is 639 g/mol. The van der Waals surface area contributed by atoms with Gasteiger partial charge in [0.1, 0.15) is 12.4 Å². The van der Waals surface area contributed by atoms with Gasteiger partial charge in [-0.05, 0) is 50.6 Å². The van der Waals surface area contributed by atoms with Crippen molar-refractivity contribution in [2.45, 2.75) is 33.0 Å². The molecule has 0 bridgehead atoms. The molecule has 0 fully saturated rings. The smallest absolute Gasteiger partial charge is 0.344 e. The standard InChI is InChI=1S/C28H32Cl2N4O9/c1-5-40-21-10-16(25-24(27(37)39-4)15(3)32-28(38)33-25)7-8-20(21)42-13-22(35)34-31-12-17-9-18(29)11-19(30)26(17)43-14-23(36)41-6-2/h7-12,22,25,34-35H,5-6,13-14H2,1-4H3,(H2,32,33,38)/b31-12+/t22-,25-/m0/s1. The predicted molar refractivity (Wildman–Crippen MR) is 158 cm³/mol. The van der Waals surface area contributed by atoms with Crippen LogP contribution in [0.1, 0.15) is 37.9 Å². The molecule has 15 heteroatoms. The molecule has 4 N–H and O–H groups in total. The van der Waals surface area contributed by atoms with E-state index in [2.05, 4.69) is 21.2 Å². The molecule has 232 valence electrons. The van der Waals surface area contributed by atoms with Gasteiger partial charge in [0, 0.05) is 16.3 Å². The third kappa shape index (κ3) is 9.14. The van der Waals surface area contributed by atoms with E-state index < -0.39 is 30.2 Å². The summed E-state index contributed by atoms with van der Waals surface area (Å²) in [7, 11) is 1.26. The number of carbonyl (C=O) groups is 3. The van der Waals surface area contributed by atoms with Crippen LogP contribution in [-0.2, 0) is 19.1 Å². The number of aliphatic hydroxyl groups excluding tert-OH is 1. The van der Waals surface area contributed by atoms with Crippen LogP contribution in [0.5, 0.6) is 17.2 Å². The number of urea groups is 1. The highest BCUT2D eigenvalue weighted by Gasteiger charge is 2.32. The fraction of sp³-hybridized carbons (Fsp3) is 0.357. The van der Waals surface area contributed by atoms with Gasteiger partial charge in [0.05, 0.1) is 43.2 Å². The molecule has 2 atom stereocenters. The number of allylic oxidation sites excluding steroid dienone is 1. The molecule has 43 heavy (non-hydrogen) atoms. The van der Waals surface area contributed by atoms with Crippen LogP contribution in [-0.4, -0.2) is 69.1 Å². The van der Waals surface area contributed by atoms with Crippen LogP contribution >= 0.6 is 23.2 Å². The van der Waals surface area contributed by atoms with Crippen LogP contribution < -0.4 is 30.3 Å². The molecule has 2 amide bonds. The summed E-state index contributed by atoms with van der Waals surface area (Å²) in [6, 6.07) is 6.59.